The van der Waals surface area contributed by atoms with Gasteiger partial charge in [-0.15, -0.1) is 10.2 Å². The number of carboxylic acid groups (broad SMARTS) is 1. The lowest BCUT2D eigenvalue weighted by Crippen LogP contribution is -2.51. The molecular weight excluding hydrogens is 264 g/mol. The molecule has 0 aliphatic rings. The molecule has 19 heavy (non-hydrogen) atoms. The third-order valence-corrected chi connectivity index (χ3v) is 4.07. The van der Waals surface area contributed by atoms with Gasteiger partial charge in [-0.2, -0.15) is 0 Å². The van der Waals surface area contributed by atoms with Crippen molar-refractivity contribution in [2.45, 2.75) is 24.5 Å². The highest BCUT2D eigenvalue weighted by atomic mass is 32.2. The van der Waals surface area contributed by atoms with E-state index in [1.807, 2.05) is 35.7 Å². The lowest BCUT2D eigenvalue weighted by atomic mass is 10.1. The number of aromatic nitrogens is 3. The molecule has 0 amide bonds. The average molecular weight is 280 g/mol. The van der Waals surface area contributed by atoms with Crippen LogP contribution in [0.2, 0.25) is 0 Å². The van der Waals surface area contributed by atoms with E-state index in [-0.39, 0.29) is 0 Å². The van der Waals surface area contributed by atoms with Crippen molar-refractivity contribution < 1.29 is 9.90 Å². The van der Waals surface area contributed by atoms with Gasteiger partial charge in [-0.05, 0) is 25.6 Å². The summed E-state index contributed by atoms with van der Waals surface area (Å²) in [5, 5.41) is 21.1. The predicted octanol–water partition coefficient (Wildman–Crippen LogP) is 1.27. The Morgan fingerprint density at radius 2 is 2.32 bits per heavy atom. The summed E-state index contributed by atoms with van der Waals surface area (Å²) in [7, 11) is 0. The zero-order valence-corrected chi connectivity index (χ0v) is 11.6. The number of hydrogen-bond acceptors (Lipinski definition) is 5. The maximum Gasteiger partial charge on any atom is 0.324 e. The molecule has 0 bridgehead atoms. The van der Waals surface area contributed by atoms with Crippen molar-refractivity contribution in [3.8, 4) is 0 Å². The fourth-order valence-electron chi connectivity index (χ4n) is 1.71. The second-order valence-electron chi connectivity index (χ2n) is 4.37. The van der Waals surface area contributed by atoms with Crippen molar-refractivity contribution in [1.29, 1.82) is 0 Å². The number of hydrogen-bond donors (Lipinski definition) is 2. The Morgan fingerprint density at radius 3 is 3.00 bits per heavy atom. The van der Waals surface area contributed by atoms with Gasteiger partial charge in [-0.25, -0.2) is 0 Å². The van der Waals surface area contributed by atoms with Crippen molar-refractivity contribution in [3.63, 3.8) is 0 Å². The first kappa shape index (κ1) is 13.8. The van der Waals surface area contributed by atoms with Gasteiger partial charge in [0, 0.05) is 11.9 Å². The molecule has 2 N–H and O–H groups in total. The van der Waals surface area contributed by atoms with E-state index in [0.717, 1.165) is 5.65 Å². The number of carbonyl (C=O) groups is 1. The van der Waals surface area contributed by atoms with Crippen LogP contribution in [0.5, 0.6) is 0 Å². The molecule has 7 heteroatoms. The van der Waals surface area contributed by atoms with Crippen LogP contribution >= 0.6 is 11.8 Å². The molecule has 0 saturated carbocycles. The van der Waals surface area contributed by atoms with Crippen molar-refractivity contribution in [3.05, 3.63) is 24.4 Å². The summed E-state index contributed by atoms with van der Waals surface area (Å²) < 4.78 is 1.85. The molecule has 2 aromatic heterocycles. The summed E-state index contributed by atoms with van der Waals surface area (Å²) in [6.45, 7) is 4.16. The quantitative estimate of drug-likeness (QED) is 0.776. The number of fused-ring (bicyclic) bond motifs is 1. The van der Waals surface area contributed by atoms with Gasteiger partial charge in [-0.3, -0.25) is 9.20 Å². The second-order valence-corrected chi connectivity index (χ2v) is 5.31. The Hall–Kier alpha value is -1.60. The zero-order valence-electron chi connectivity index (χ0n) is 10.8. The monoisotopic (exact) mass is 280 g/mol. The Kier molecular flexibility index (Phi) is 4.06. The van der Waals surface area contributed by atoms with Gasteiger partial charge in [0.05, 0.1) is 0 Å². The maximum atomic E-state index is 11.3. The van der Waals surface area contributed by atoms with E-state index in [1.165, 1.54) is 11.8 Å². The SMILES string of the molecule is CCNC(C)(CSc1nnc2ccccn12)C(=O)O. The third-order valence-electron chi connectivity index (χ3n) is 2.81. The van der Waals surface area contributed by atoms with Crippen LogP contribution in [-0.2, 0) is 4.79 Å². The molecule has 0 aromatic carbocycles. The summed E-state index contributed by atoms with van der Waals surface area (Å²) in [5.74, 6) is -0.484. The molecule has 0 fully saturated rings. The van der Waals surface area contributed by atoms with Crippen LogP contribution in [-0.4, -0.2) is 43.5 Å². The molecule has 1 unspecified atom stereocenters. The molecule has 1 atom stereocenters. The molecule has 2 aromatic rings. The van der Waals surface area contributed by atoms with Crippen LogP contribution in [0.15, 0.2) is 29.6 Å². The largest absolute Gasteiger partial charge is 0.480 e. The first-order valence-electron chi connectivity index (χ1n) is 5.98. The third kappa shape index (κ3) is 2.87. The van der Waals surface area contributed by atoms with Crippen LogP contribution in [0, 0.1) is 0 Å². The Labute approximate surface area is 115 Å². The summed E-state index contributed by atoms with van der Waals surface area (Å²) in [6, 6.07) is 5.64. The van der Waals surface area contributed by atoms with Crippen LogP contribution in [0.4, 0.5) is 0 Å². The first-order valence-corrected chi connectivity index (χ1v) is 6.96. The smallest absolute Gasteiger partial charge is 0.324 e. The maximum absolute atomic E-state index is 11.3. The molecule has 2 heterocycles. The van der Waals surface area contributed by atoms with Gasteiger partial charge >= 0.3 is 5.97 Å². The number of pyridine rings is 1. The fraction of sp³-hybridized carbons (Fsp3) is 0.417. The van der Waals surface area contributed by atoms with Crippen molar-refractivity contribution in [2.24, 2.45) is 0 Å². The summed E-state index contributed by atoms with van der Waals surface area (Å²) in [4.78, 5) is 11.3. The molecule has 6 nitrogen and oxygen atoms in total. The number of nitrogens with zero attached hydrogens (tertiary/aromatic N) is 3. The van der Waals surface area contributed by atoms with E-state index in [2.05, 4.69) is 15.5 Å². The summed E-state index contributed by atoms with van der Waals surface area (Å²) >= 11 is 1.38. The molecule has 0 spiro atoms. The van der Waals surface area contributed by atoms with Crippen molar-refractivity contribution in [1.82, 2.24) is 19.9 Å². The molecule has 0 aliphatic carbocycles. The van der Waals surface area contributed by atoms with Crippen LogP contribution in [0.3, 0.4) is 0 Å². The highest BCUT2D eigenvalue weighted by Gasteiger charge is 2.32. The van der Waals surface area contributed by atoms with E-state index in [1.54, 1.807) is 6.92 Å². The molecule has 0 aliphatic heterocycles. The minimum Gasteiger partial charge on any atom is -0.480 e. The normalized spacial score (nSPS) is 14.4. The van der Waals surface area contributed by atoms with Gasteiger partial charge < -0.3 is 10.4 Å². The highest BCUT2D eigenvalue weighted by Crippen LogP contribution is 2.21. The minimum absolute atomic E-state index is 0.381. The molecule has 102 valence electrons. The summed E-state index contributed by atoms with van der Waals surface area (Å²) in [6.07, 6.45) is 1.86. The van der Waals surface area contributed by atoms with Crippen LogP contribution in [0.1, 0.15) is 13.8 Å². The van der Waals surface area contributed by atoms with Crippen molar-refractivity contribution in [2.75, 3.05) is 12.3 Å². The number of aliphatic carboxylic acids is 1. The van der Waals surface area contributed by atoms with Crippen LogP contribution < -0.4 is 5.32 Å². The van der Waals surface area contributed by atoms with E-state index in [9.17, 15) is 9.90 Å². The van der Waals surface area contributed by atoms with E-state index in [0.29, 0.717) is 17.5 Å². The number of carboxylic acids is 1. The Morgan fingerprint density at radius 1 is 1.53 bits per heavy atom. The van der Waals surface area contributed by atoms with Gasteiger partial charge in [0.15, 0.2) is 10.8 Å². The average Bonchev–Trinajstić information content (AvgIpc) is 2.80. The van der Waals surface area contributed by atoms with Gasteiger partial charge in [-0.1, -0.05) is 24.8 Å². The zero-order chi connectivity index (χ0) is 13.9. The first-order chi connectivity index (χ1) is 9.07. The van der Waals surface area contributed by atoms with Gasteiger partial charge in [0.2, 0.25) is 0 Å². The van der Waals surface area contributed by atoms with E-state index >= 15 is 0 Å². The minimum atomic E-state index is -0.972. The standard InChI is InChI=1S/C12H16N4O2S/c1-3-13-12(2,10(17)18)8-19-11-15-14-9-6-4-5-7-16(9)11/h4-7,13H,3,8H2,1-2H3,(H,17,18). The topological polar surface area (TPSA) is 79.5 Å². The molecular formula is C12H16N4O2S. The lowest BCUT2D eigenvalue weighted by molar-refractivity contribution is -0.143. The number of thioether (sulfide) groups is 1. The predicted molar refractivity (Wildman–Crippen MR) is 73.4 cm³/mol. The molecule has 0 radical (unpaired) electrons. The lowest BCUT2D eigenvalue weighted by Gasteiger charge is -2.24. The van der Waals surface area contributed by atoms with Crippen LogP contribution in [0.25, 0.3) is 5.65 Å². The van der Waals surface area contributed by atoms with Crippen molar-refractivity contribution >= 4 is 23.4 Å². The summed E-state index contributed by atoms with van der Waals surface area (Å²) in [5.41, 5.74) is -0.217. The van der Waals surface area contributed by atoms with E-state index < -0.39 is 11.5 Å². The van der Waals surface area contributed by atoms with Gasteiger partial charge in [0.1, 0.15) is 5.54 Å². The molecule has 2 rings (SSSR count). The van der Waals surface area contributed by atoms with E-state index in [4.69, 9.17) is 0 Å². The Balaban J connectivity index is 2.15. The number of likely N-dealkylation sites (N-methyl/N-ethyl adjacent to an activating group) is 1. The van der Waals surface area contributed by atoms with Gasteiger partial charge in [0.25, 0.3) is 0 Å². The Bertz CT molecular complexity index is 586. The number of nitrogens with one attached hydrogen (secondary N) is 1. The number of rotatable bonds is 6. The second kappa shape index (κ2) is 5.58. The molecule has 0 saturated heterocycles. The highest BCUT2D eigenvalue weighted by molar-refractivity contribution is 7.99. The fourth-order valence-corrected chi connectivity index (χ4v) is 2.74.